The van der Waals surface area contributed by atoms with Gasteiger partial charge in [0.2, 0.25) is 0 Å². The van der Waals surface area contributed by atoms with Gasteiger partial charge in [0.05, 0.1) is 12.7 Å². The van der Waals surface area contributed by atoms with E-state index in [2.05, 4.69) is 37.8 Å². The fraction of sp³-hybridized carbons (Fsp3) is 0.412. The lowest BCUT2D eigenvalue weighted by atomic mass is 10.1. The van der Waals surface area contributed by atoms with Crippen LogP contribution in [0.25, 0.3) is 0 Å². The molecule has 0 aliphatic carbocycles. The third-order valence-corrected chi connectivity index (χ3v) is 3.19. The predicted octanol–water partition coefficient (Wildman–Crippen LogP) is 3.50. The van der Waals surface area contributed by atoms with Crippen molar-refractivity contribution in [1.29, 1.82) is 0 Å². The molecule has 0 radical (unpaired) electrons. The van der Waals surface area contributed by atoms with Crippen molar-refractivity contribution in [2.24, 2.45) is 0 Å². The second kappa shape index (κ2) is 8.59. The Morgan fingerprint density at radius 1 is 1.30 bits per heavy atom. The Morgan fingerprint density at radius 3 is 2.57 bits per heavy atom. The molecule has 0 bridgehead atoms. The van der Waals surface area contributed by atoms with Gasteiger partial charge in [-0.15, -0.1) is 0 Å². The number of nitrogens with one attached hydrogen (secondary N) is 1. The molecule has 0 unspecified atom stereocenters. The fourth-order valence-corrected chi connectivity index (χ4v) is 2.04. The van der Waals surface area contributed by atoms with E-state index in [0.717, 1.165) is 5.56 Å². The van der Waals surface area contributed by atoms with E-state index in [0.29, 0.717) is 23.0 Å². The Balaban J connectivity index is 2.51. The number of rotatable bonds is 3. The summed E-state index contributed by atoms with van der Waals surface area (Å²) in [5.41, 5.74) is 0.702. The molecule has 0 saturated heterocycles. The Hall–Kier alpha value is -2.00. The number of hydrogen-bond donors (Lipinski definition) is 1. The van der Waals surface area contributed by atoms with E-state index in [1.54, 1.807) is 18.2 Å². The van der Waals surface area contributed by atoms with Crippen molar-refractivity contribution in [3.05, 3.63) is 33.8 Å². The molecule has 0 aliphatic rings. The molecule has 0 aromatic heterocycles. The Bertz CT molecular complexity index is 638. The lowest BCUT2D eigenvalue weighted by Crippen LogP contribution is -2.32. The van der Waals surface area contributed by atoms with Crippen LogP contribution in [0.4, 0.5) is 4.79 Å². The van der Waals surface area contributed by atoms with Crippen molar-refractivity contribution in [3.8, 4) is 11.8 Å². The van der Waals surface area contributed by atoms with Crippen LogP contribution in [0.3, 0.4) is 0 Å². The topological polar surface area (TPSA) is 64.6 Å². The van der Waals surface area contributed by atoms with Gasteiger partial charge in [-0.2, -0.15) is 0 Å². The third-order valence-electron chi connectivity index (χ3n) is 2.53. The zero-order valence-corrected chi connectivity index (χ0v) is 15.2. The Kier molecular flexibility index (Phi) is 7.11. The summed E-state index contributed by atoms with van der Waals surface area (Å²) in [4.78, 5) is 22.9. The van der Waals surface area contributed by atoms with Crippen LogP contribution in [-0.2, 0) is 9.47 Å². The van der Waals surface area contributed by atoms with Crippen molar-refractivity contribution >= 4 is 28.0 Å². The number of carbonyl (C=O) groups is 2. The number of alkyl carbamates (subject to hydrolysis) is 1. The van der Waals surface area contributed by atoms with Gasteiger partial charge in [-0.25, -0.2) is 9.59 Å². The molecule has 0 aliphatic heterocycles. The summed E-state index contributed by atoms with van der Waals surface area (Å²) in [5, 5.41) is 2.64. The van der Waals surface area contributed by atoms with Crippen molar-refractivity contribution < 1.29 is 19.1 Å². The van der Waals surface area contributed by atoms with E-state index >= 15 is 0 Å². The maximum absolute atomic E-state index is 11.4. The number of amides is 1. The van der Waals surface area contributed by atoms with Crippen LogP contribution in [0.15, 0.2) is 22.7 Å². The summed E-state index contributed by atoms with van der Waals surface area (Å²) in [5.74, 6) is 5.54. The second-order valence-corrected chi connectivity index (χ2v) is 6.52. The van der Waals surface area contributed by atoms with Gasteiger partial charge in [0.15, 0.2) is 0 Å². The molecule has 124 valence electrons. The molecule has 23 heavy (non-hydrogen) atoms. The second-order valence-electron chi connectivity index (χ2n) is 5.67. The van der Waals surface area contributed by atoms with Crippen LogP contribution in [-0.4, -0.2) is 31.3 Å². The third kappa shape index (κ3) is 7.20. The maximum Gasteiger partial charge on any atom is 0.407 e. The van der Waals surface area contributed by atoms with E-state index in [1.807, 2.05) is 20.8 Å². The molecule has 1 aromatic rings. The lowest BCUT2D eigenvalue weighted by Gasteiger charge is -2.19. The molecular formula is C17H20BrNO4. The normalized spacial score (nSPS) is 10.3. The highest BCUT2D eigenvalue weighted by molar-refractivity contribution is 9.10. The standard InChI is InChI=1S/C17H20BrNO4/c1-17(2,3)23-16(21)19-10-6-5-7-12-8-9-13(11-14(12)18)15(20)22-4/h8-9,11H,6,10H2,1-4H3,(H,19,21). The average Bonchev–Trinajstić information content (AvgIpc) is 2.45. The smallest absolute Gasteiger partial charge is 0.407 e. The van der Waals surface area contributed by atoms with E-state index in [1.165, 1.54) is 7.11 Å². The van der Waals surface area contributed by atoms with Crippen LogP contribution >= 0.6 is 15.9 Å². The lowest BCUT2D eigenvalue weighted by molar-refractivity contribution is 0.0527. The molecule has 6 heteroatoms. The molecule has 0 saturated carbocycles. The molecule has 1 rings (SSSR count). The van der Waals surface area contributed by atoms with Gasteiger partial charge in [0.25, 0.3) is 0 Å². The first kappa shape index (κ1) is 19.0. The molecule has 0 fully saturated rings. The van der Waals surface area contributed by atoms with Gasteiger partial charge < -0.3 is 14.8 Å². The van der Waals surface area contributed by atoms with Gasteiger partial charge in [0, 0.05) is 23.0 Å². The highest BCUT2D eigenvalue weighted by Crippen LogP contribution is 2.18. The molecule has 1 N–H and O–H groups in total. The van der Waals surface area contributed by atoms with Crippen molar-refractivity contribution in [2.75, 3.05) is 13.7 Å². The number of halogens is 1. The van der Waals surface area contributed by atoms with Crippen molar-refractivity contribution in [2.45, 2.75) is 32.8 Å². The van der Waals surface area contributed by atoms with Crippen molar-refractivity contribution in [1.82, 2.24) is 5.32 Å². The van der Waals surface area contributed by atoms with E-state index in [-0.39, 0.29) is 0 Å². The number of benzene rings is 1. The molecule has 0 heterocycles. The minimum absolute atomic E-state index is 0.397. The van der Waals surface area contributed by atoms with Gasteiger partial charge in [-0.05, 0) is 54.9 Å². The minimum atomic E-state index is -0.512. The zero-order chi connectivity index (χ0) is 17.5. The zero-order valence-electron chi connectivity index (χ0n) is 13.7. The first-order valence-electron chi connectivity index (χ1n) is 7.06. The van der Waals surface area contributed by atoms with Gasteiger partial charge in [-0.3, -0.25) is 0 Å². The summed E-state index contributed by atoms with van der Waals surface area (Å²) in [6, 6.07) is 5.05. The largest absolute Gasteiger partial charge is 0.465 e. The summed E-state index contributed by atoms with van der Waals surface area (Å²) >= 11 is 3.37. The van der Waals surface area contributed by atoms with E-state index < -0.39 is 17.7 Å². The highest BCUT2D eigenvalue weighted by Gasteiger charge is 2.15. The summed E-state index contributed by atoms with van der Waals surface area (Å²) < 4.78 is 10.5. The number of hydrogen-bond acceptors (Lipinski definition) is 4. The molecule has 0 atom stereocenters. The molecular weight excluding hydrogens is 362 g/mol. The average molecular weight is 382 g/mol. The van der Waals surface area contributed by atoms with Crippen LogP contribution in [0.2, 0.25) is 0 Å². The molecule has 1 amide bonds. The van der Waals surface area contributed by atoms with Crippen molar-refractivity contribution in [3.63, 3.8) is 0 Å². The first-order valence-corrected chi connectivity index (χ1v) is 7.86. The summed E-state index contributed by atoms with van der Waals surface area (Å²) in [7, 11) is 1.33. The number of carbonyl (C=O) groups excluding carboxylic acids is 2. The number of ether oxygens (including phenoxy) is 2. The minimum Gasteiger partial charge on any atom is -0.465 e. The molecule has 1 aromatic carbocycles. The SMILES string of the molecule is COC(=O)c1ccc(C#CCCNC(=O)OC(C)(C)C)c(Br)c1. The van der Waals surface area contributed by atoms with Crippen LogP contribution < -0.4 is 5.32 Å². The quantitative estimate of drug-likeness (QED) is 0.494. The fourth-order valence-electron chi connectivity index (χ4n) is 1.56. The summed E-state index contributed by atoms with van der Waals surface area (Å²) in [6.07, 6.45) is 0.0349. The summed E-state index contributed by atoms with van der Waals surface area (Å²) in [6.45, 7) is 5.82. The molecule has 0 spiro atoms. The van der Waals surface area contributed by atoms with Gasteiger partial charge in [0.1, 0.15) is 5.60 Å². The maximum atomic E-state index is 11.4. The first-order chi connectivity index (χ1) is 10.7. The predicted molar refractivity (Wildman–Crippen MR) is 91.2 cm³/mol. The monoisotopic (exact) mass is 381 g/mol. The van der Waals surface area contributed by atoms with E-state index in [4.69, 9.17) is 4.74 Å². The highest BCUT2D eigenvalue weighted by atomic mass is 79.9. The van der Waals surface area contributed by atoms with Crippen LogP contribution in [0.5, 0.6) is 0 Å². The number of esters is 1. The van der Waals surface area contributed by atoms with Crippen LogP contribution in [0.1, 0.15) is 43.1 Å². The van der Waals surface area contributed by atoms with Crippen LogP contribution in [0, 0.1) is 11.8 Å². The number of methoxy groups -OCH3 is 1. The Morgan fingerprint density at radius 2 is 2.00 bits per heavy atom. The van der Waals surface area contributed by atoms with Gasteiger partial charge >= 0.3 is 12.1 Å². The Labute approximate surface area is 144 Å². The molecule has 5 nitrogen and oxygen atoms in total. The van der Waals surface area contributed by atoms with E-state index in [9.17, 15) is 9.59 Å². The van der Waals surface area contributed by atoms with Gasteiger partial charge in [-0.1, -0.05) is 11.8 Å².